The number of aryl methyl sites for hydroxylation is 1. The molecule has 0 atom stereocenters. The molecule has 0 amide bonds. The van der Waals surface area contributed by atoms with Gasteiger partial charge in [0.25, 0.3) is 0 Å². The van der Waals surface area contributed by atoms with Crippen molar-refractivity contribution in [1.29, 1.82) is 0 Å². The van der Waals surface area contributed by atoms with Crippen LogP contribution in [0.3, 0.4) is 0 Å². The van der Waals surface area contributed by atoms with E-state index in [1.807, 2.05) is 0 Å². The van der Waals surface area contributed by atoms with E-state index in [9.17, 15) is 4.79 Å². The van der Waals surface area contributed by atoms with Gasteiger partial charge in [0.05, 0.1) is 10.2 Å². The molecule has 4 nitrogen and oxygen atoms in total. The summed E-state index contributed by atoms with van der Waals surface area (Å²) in [5, 5.41) is 0. The number of hydrogen-bond donors (Lipinski definition) is 0. The Hall–Kier alpha value is -1.23. The van der Waals surface area contributed by atoms with Gasteiger partial charge < -0.3 is 0 Å². The van der Waals surface area contributed by atoms with E-state index in [0.29, 0.717) is 11.5 Å². The highest BCUT2D eigenvalue weighted by molar-refractivity contribution is 9.10. The molecule has 2 rings (SSSR count). The summed E-state index contributed by atoms with van der Waals surface area (Å²) in [4.78, 5) is 19.4. The number of nitrogens with zero attached hydrogens (tertiary/aromatic N) is 3. The van der Waals surface area contributed by atoms with Crippen molar-refractivity contribution in [1.82, 2.24) is 14.4 Å². The molecule has 0 saturated heterocycles. The topological polar surface area (TPSA) is 47.3 Å². The van der Waals surface area contributed by atoms with Crippen LogP contribution in [0.4, 0.5) is 0 Å². The summed E-state index contributed by atoms with van der Waals surface area (Å²) in [5.41, 5.74) is 1.42. The summed E-state index contributed by atoms with van der Waals surface area (Å²) < 4.78 is 2.54. The van der Waals surface area contributed by atoms with Crippen molar-refractivity contribution in [2.75, 3.05) is 0 Å². The predicted molar refractivity (Wildman–Crippen MR) is 60.1 cm³/mol. The standard InChI is InChI=1S/C10H10BrN3O/c1-2-3-8-9(6-15)14-5-7(11)4-12-10(14)13-8/h4-6H,2-3H2,1H3. The predicted octanol–water partition coefficient (Wildman–Crippen LogP) is 2.26. The van der Waals surface area contributed by atoms with E-state index in [2.05, 4.69) is 32.8 Å². The first-order valence-corrected chi connectivity index (χ1v) is 5.53. The monoisotopic (exact) mass is 267 g/mol. The zero-order valence-electron chi connectivity index (χ0n) is 8.27. The highest BCUT2D eigenvalue weighted by atomic mass is 79.9. The van der Waals surface area contributed by atoms with Gasteiger partial charge in [0.1, 0.15) is 5.69 Å². The summed E-state index contributed by atoms with van der Waals surface area (Å²) in [6.45, 7) is 2.06. The number of fused-ring (bicyclic) bond motifs is 1. The van der Waals surface area contributed by atoms with Crippen molar-refractivity contribution < 1.29 is 4.79 Å². The largest absolute Gasteiger partial charge is 0.296 e. The van der Waals surface area contributed by atoms with Crippen LogP contribution in [0.1, 0.15) is 29.5 Å². The Morgan fingerprint density at radius 2 is 2.40 bits per heavy atom. The molecule has 0 fully saturated rings. The van der Waals surface area contributed by atoms with Gasteiger partial charge >= 0.3 is 0 Å². The quantitative estimate of drug-likeness (QED) is 0.802. The number of aromatic nitrogens is 3. The van der Waals surface area contributed by atoms with Crippen molar-refractivity contribution in [3.05, 3.63) is 28.3 Å². The Morgan fingerprint density at radius 1 is 1.60 bits per heavy atom. The molecule has 0 unspecified atom stereocenters. The lowest BCUT2D eigenvalue weighted by Gasteiger charge is -1.95. The average molecular weight is 268 g/mol. The first-order valence-electron chi connectivity index (χ1n) is 4.74. The van der Waals surface area contributed by atoms with Crippen LogP contribution in [-0.4, -0.2) is 20.7 Å². The molecule has 0 aliphatic rings. The Bertz CT molecular complexity index is 507. The normalized spacial score (nSPS) is 10.8. The zero-order chi connectivity index (χ0) is 10.8. The van der Waals surface area contributed by atoms with Gasteiger partial charge in [-0.3, -0.25) is 9.20 Å². The van der Waals surface area contributed by atoms with Crippen molar-refractivity contribution >= 4 is 28.0 Å². The lowest BCUT2D eigenvalue weighted by Crippen LogP contribution is -1.95. The van der Waals surface area contributed by atoms with Crippen LogP contribution < -0.4 is 0 Å². The molecule has 0 bridgehead atoms. The minimum absolute atomic E-state index is 0.573. The fraction of sp³-hybridized carbons (Fsp3) is 0.300. The van der Waals surface area contributed by atoms with Crippen LogP contribution in [0, 0.1) is 0 Å². The number of carbonyl (C=O) groups excluding carboxylic acids is 1. The van der Waals surface area contributed by atoms with Gasteiger partial charge in [0.15, 0.2) is 6.29 Å². The Balaban J connectivity index is 2.68. The molecule has 0 aliphatic carbocycles. The van der Waals surface area contributed by atoms with Crippen molar-refractivity contribution in [2.45, 2.75) is 19.8 Å². The van der Waals surface area contributed by atoms with Crippen LogP contribution >= 0.6 is 15.9 Å². The highest BCUT2D eigenvalue weighted by Crippen LogP contribution is 2.14. The lowest BCUT2D eigenvalue weighted by molar-refractivity contribution is 0.111. The number of carbonyl (C=O) groups is 1. The molecule has 0 saturated carbocycles. The lowest BCUT2D eigenvalue weighted by atomic mass is 10.2. The van der Waals surface area contributed by atoms with Gasteiger partial charge in [-0.15, -0.1) is 0 Å². The Labute approximate surface area is 95.5 Å². The number of imidazole rings is 1. The van der Waals surface area contributed by atoms with Crippen LogP contribution in [0.25, 0.3) is 5.78 Å². The van der Waals surface area contributed by atoms with Gasteiger partial charge in [-0.25, -0.2) is 9.97 Å². The van der Waals surface area contributed by atoms with Crippen molar-refractivity contribution in [2.24, 2.45) is 0 Å². The smallest absolute Gasteiger partial charge is 0.234 e. The SMILES string of the molecule is CCCc1nc2ncc(Br)cn2c1C=O. The van der Waals surface area contributed by atoms with E-state index in [1.54, 1.807) is 16.8 Å². The maximum absolute atomic E-state index is 11.0. The fourth-order valence-electron chi connectivity index (χ4n) is 1.52. The van der Waals surface area contributed by atoms with Crippen LogP contribution in [0.2, 0.25) is 0 Å². The molecule has 0 aromatic carbocycles. The van der Waals surface area contributed by atoms with Crippen molar-refractivity contribution in [3.8, 4) is 0 Å². The molecule has 2 aromatic heterocycles. The molecule has 0 spiro atoms. The molecule has 2 heterocycles. The van der Waals surface area contributed by atoms with Gasteiger partial charge in [-0.1, -0.05) is 13.3 Å². The summed E-state index contributed by atoms with van der Waals surface area (Å²) in [6.07, 6.45) is 6.07. The summed E-state index contributed by atoms with van der Waals surface area (Å²) >= 11 is 3.32. The maximum atomic E-state index is 11.0. The van der Waals surface area contributed by atoms with E-state index in [1.165, 1.54) is 0 Å². The van der Waals surface area contributed by atoms with Crippen molar-refractivity contribution in [3.63, 3.8) is 0 Å². The number of aldehydes is 1. The van der Waals surface area contributed by atoms with Gasteiger partial charge in [0, 0.05) is 12.4 Å². The Kier molecular flexibility index (Phi) is 2.81. The fourth-order valence-corrected chi connectivity index (χ4v) is 1.83. The highest BCUT2D eigenvalue weighted by Gasteiger charge is 2.11. The zero-order valence-corrected chi connectivity index (χ0v) is 9.86. The van der Waals surface area contributed by atoms with E-state index in [-0.39, 0.29) is 0 Å². The molecule has 5 heteroatoms. The minimum atomic E-state index is 0.573. The molecule has 0 N–H and O–H groups in total. The van der Waals surface area contributed by atoms with E-state index < -0.39 is 0 Å². The third-order valence-corrected chi connectivity index (χ3v) is 2.57. The molecule has 2 aromatic rings. The first kappa shape index (κ1) is 10.3. The minimum Gasteiger partial charge on any atom is -0.296 e. The first-order chi connectivity index (χ1) is 7.26. The van der Waals surface area contributed by atoms with Crippen LogP contribution in [-0.2, 0) is 6.42 Å². The second-order valence-corrected chi connectivity index (χ2v) is 4.17. The number of halogens is 1. The molecular formula is C10H10BrN3O. The molecule has 0 aliphatic heterocycles. The molecule has 15 heavy (non-hydrogen) atoms. The Morgan fingerprint density at radius 3 is 3.07 bits per heavy atom. The third kappa shape index (κ3) is 1.79. The third-order valence-electron chi connectivity index (χ3n) is 2.16. The molecular weight excluding hydrogens is 258 g/mol. The summed E-state index contributed by atoms with van der Waals surface area (Å²) in [6, 6.07) is 0. The second-order valence-electron chi connectivity index (χ2n) is 3.25. The average Bonchev–Trinajstić information content (AvgIpc) is 2.55. The van der Waals surface area contributed by atoms with Gasteiger partial charge in [0.2, 0.25) is 5.78 Å². The van der Waals surface area contributed by atoms with Gasteiger partial charge in [-0.2, -0.15) is 0 Å². The maximum Gasteiger partial charge on any atom is 0.234 e. The van der Waals surface area contributed by atoms with Gasteiger partial charge in [-0.05, 0) is 22.4 Å². The van der Waals surface area contributed by atoms with Crippen LogP contribution in [0.15, 0.2) is 16.9 Å². The number of hydrogen-bond acceptors (Lipinski definition) is 3. The molecule has 78 valence electrons. The van der Waals surface area contributed by atoms with E-state index in [0.717, 1.165) is 29.3 Å². The number of rotatable bonds is 3. The van der Waals surface area contributed by atoms with Crippen LogP contribution in [0.5, 0.6) is 0 Å². The second kappa shape index (κ2) is 4.10. The molecule has 0 radical (unpaired) electrons. The summed E-state index contributed by atoms with van der Waals surface area (Å²) in [7, 11) is 0. The van der Waals surface area contributed by atoms with E-state index in [4.69, 9.17) is 0 Å². The summed E-state index contributed by atoms with van der Waals surface area (Å²) in [5.74, 6) is 0.573. The van der Waals surface area contributed by atoms with E-state index >= 15 is 0 Å².